The zero-order valence-electron chi connectivity index (χ0n) is 10.1. The average Bonchev–Trinajstić information content (AvgIpc) is 2.29. The number of likely N-dealkylation sites (tertiary alicyclic amines) is 1. The third kappa shape index (κ3) is 4.72. The number of thioether (sulfide) groups is 1. The fourth-order valence-electron chi connectivity index (χ4n) is 1.72. The Morgan fingerprint density at radius 3 is 2.75 bits per heavy atom. The standard InChI is InChI=1S/C11H22N2O2S/c1-13-6-3-9(4-7-13)15-11(14)10(12)5-8-16-2/h9-10H,3-8,12H2,1-2H3/t10-/m0/s1. The van der Waals surface area contributed by atoms with Crippen LogP contribution in [0.2, 0.25) is 0 Å². The Hall–Kier alpha value is -0.260. The van der Waals surface area contributed by atoms with Crippen LogP contribution in [-0.4, -0.2) is 55.2 Å². The lowest BCUT2D eigenvalue weighted by Crippen LogP contribution is -2.40. The summed E-state index contributed by atoms with van der Waals surface area (Å²) in [5.41, 5.74) is 5.75. The van der Waals surface area contributed by atoms with Crippen LogP contribution in [0.3, 0.4) is 0 Å². The molecule has 16 heavy (non-hydrogen) atoms. The van der Waals surface area contributed by atoms with E-state index in [9.17, 15) is 4.79 Å². The highest BCUT2D eigenvalue weighted by atomic mass is 32.2. The summed E-state index contributed by atoms with van der Waals surface area (Å²) >= 11 is 1.70. The van der Waals surface area contributed by atoms with E-state index in [0.29, 0.717) is 6.42 Å². The van der Waals surface area contributed by atoms with Crippen molar-refractivity contribution in [2.75, 3.05) is 32.1 Å². The molecular weight excluding hydrogens is 224 g/mol. The highest BCUT2D eigenvalue weighted by Gasteiger charge is 2.23. The van der Waals surface area contributed by atoms with Gasteiger partial charge in [-0.15, -0.1) is 0 Å². The van der Waals surface area contributed by atoms with Crippen LogP contribution in [0.4, 0.5) is 0 Å². The number of hydrogen-bond donors (Lipinski definition) is 1. The molecule has 0 radical (unpaired) electrons. The van der Waals surface area contributed by atoms with Crippen LogP contribution in [-0.2, 0) is 9.53 Å². The van der Waals surface area contributed by atoms with E-state index in [4.69, 9.17) is 10.5 Å². The van der Waals surface area contributed by atoms with Gasteiger partial charge in [0.15, 0.2) is 0 Å². The van der Waals surface area contributed by atoms with Crippen LogP contribution in [0.15, 0.2) is 0 Å². The molecule has 4 nitrogen and oxygen atoms in total. The lowest BCUT2D eigenvalue weighted by Gasteiger charge is -2.29. The maximum atomic E-state index is 11.6. The second kappa shape index (κ2) is 7.14. The molecule has 0 amide bonds. The van der Waals surface area contributed by atoms with Gasteiger partial charge in [0.2, 0.25) is 0 Å². The molecule has 0 saturated carbocycles. The molecule has 0 aromatic rings. The second-order valence-electron chi connectivity index (χ2n) is 4.33. The molecule has 1 atom stereocenters. The van der Waals surface area contributed by atoms with E-state index in [-0.39, 0.29) is 12.1 Å². The normalized spacial score (nSPS) is 20.7. The third-order valence-electron chi connectivity index (χ3n) is 2.88. The molecule has 0 aromatic carbocycles. The van der Waals surface area contributed by atoms with Crippen LogP contribution in [0, 0.1) is 0 Å². The molecule has 0 unspecified atom stereocenters. The minimum atomic E-state index is -0.452. The Bertz CT molecular complexity index is 218. The average molecular weight is 246 g/mol. The van der Waals surface area contributed by atoms with Crippen molar-refractivity contribution >= 4 is 17.7 Å². The van der Waals surface area contributed by atoms with Gasteiger partial charge in [-0.25, -0.2) is 0 Å². The summed E-state index contributed by atoms with van der Waals surface area (Å²) in [5, 5.41) is 0. The SMILES string of the molecule is CSCC[C@H](N)C(=O)OC1CCN(C)CC1. The number of esters is 1. The maximum absolute atomic E-state index is 11.6. The van der Waals surface area contributed by atoms with E-state index in [1.165, 1.54) is 0 Å². The maximum Gasteiger partial charge on any atom is 0.323 e. The first-order valence-electron chi connectivity index (χ1n) is 5.77. The summed E-state index contributed by atoms with van der Waals surface area (Å²) in [6, 6.07) is -0.452. The summed E-state index contributed by atoms with van der Waals surface area (Å²) in [4.78, 5) is 13.9. The Morgan fingerprint density at radius 2 is 2.19 bits per heavy atom. The van der Waals surface area contributed by atoms with Gasteiger partial charge < -0.3 is 15.4 Å². The molecule has 5 heteroatoms. The van der Waals surface area contributed by atoms with Crippen LogP contribution < -0.4 is 5.73 Å². The summed E-state index contributed by atoms with van der Waals surface area (Å²) in [7, 11) is 2.09. The molecule has 1 aliphatic heterocycles. The van der Waals surface area contributed by atoms with Gasteiger partial charge >= 0.3 is 5.97 Å². The summed E-state index contributed by atoms with van der Waals surface area (Å²) in [6.07, 6.45) is 4.64. The monoisotopic (exact) mass is 246 g/mol. The molecule has 1 aliphatic rings. The molecule has 2 N–H and O–H groups in total. The van der Waals surface area contributed by atoms with Crippen molar-refractivity contribution in [1.29, 1.82) is 0 Å². The van der Waals surface area contributed by atoms with Crippen LogP contribution in [0.5, 0.6) is 0 Å². The van der Waals surface area contributed by atoms with E-state index in [1.807, 2.05) is 6.26 Å². The van der Waals surface area contributed by atoms with Gasteiger partial charge in [-0.2, -0.15) is 11.8 Å². The number of piperidine rings is 1. The first kappa shape index (κ1) is 13.8. The van der Waals surface area contributed by atoms with E-state index >= 15 is 0 Å². The zero-order valence-corrected chi connectivity index (χ0v) is 11.0. The smallest absolute Gasteiger partial charge is 0.323 e. The largest absolute Gasteiger partial charge is 0.461 e. The lowest BCUT2D eigenvalue weighted by molar-refractivity contribution is -0.152. The van der Waals surface area contributed by atoms with Gasteiger partial charge in [0.1, 0.15) is 12.1 Å². The van der Waals surface area contributed by atoms with Crippen molar-refractivity contribution in [1.82, 2.24) is 4.90 Å². The number of carbonyl (C=O) groups is 1. The number of carbonyl (C=O) groups excluding carboxylic acids is 1. The minimum Gasteiger partial charge on any atom is -0.461 e. The number of ether oxygens (including phenoxy) is 1. The third-order valence-corrected chi connectivity index (χ3v) is 3.53. The molecule has 0 spiro atoms. The molecular formula is C11H22N2O2S. The Labute approximate surface area is 102 Å². The fraction of sp³-hybridized carbons (Fsp3) is 0.909. The number of hydrogen-bond acceptors (Lipinski definition) is 5. The molecule has 1 saturated heterocycles. The van der Waals surface area contributed by atoms with Crippen LogP contribution in [0.25, 0.3) is 0 Å². The van der Waals surface area contributed by atoms with E-state index in [2.05, 4.69) is 11.9 Å². The summed E-state index contributed by atoms with van der Waals surface area (Å²) < 4.78 is 5.40. The number of nitrogens with zero attached hydrogens (tertiary/aromatic N) is 1. The number of rotatable bonds is 5. The highest BCUT2D eigenvalue weighted by Crippen LogP contribution is 2.13. The molecule has 1 heterocycles. The van der Waals surface area contributed by atoms with Gasteiger partial charge in [-0.1, -0.05) is 0 Å². The predicted molar refractivity (Wildman–Crippen MR) is 67.6 cm³/mol. The van der Waals surface area contributed by atoms with Gasteiger partial charge in [0, 0.05) is 13.1 Å². The van der Waals surface area contributed by atoms with E-state index in [1.54, 1.807) is 11.8 Å². The summed E-state index contributed by atoms with van der Waals surface area (Å²) in [6.45, 7) is 2.00. The highest BCUT2D eigenvalue weighted by molar-refractivity contribution is 7.98. The Morgan fingerprint density at radius 1 is 1.56 bits per heavy atom. The van der Waals surface area contributed by atoms with E-state index < -0.39 is 6.04 Å². The van der Waals surface area contributed by atoms with E-state index in [0.717, 1.165) is 31.7 Å². The Kier molecular flexibility index (Phi) is 6.16. The van der Waals surface area contributed by atoms with Crippen LogP contribution in [0.1, 0.15) is 19.3 Å². The molecule has 1 fully saturated rings. The van der Waals surface area contributed by atoms with Crippen molar-refractivity contribution in [3.05, 3.63) is 0 Å². The van der Waals surface area contributed by atoms with Crippen molar-refractivity contribution < 1.29 is 9.53 Å². The van der Waals surface area contributed by atoms with Gasteiger partial charge in [0.25, 0.3) is 0 Å². The van der Waals surface area contributed by atoms with Crippen molar-refractivity contribution in [3.8, 4) is 0 Å². The van der Waals surface area contributed by atoms with Gasteiger partial charge in [-0.05, 0) is 38.3 Å². The first-order chi connectivity index (χ1) is 7.63. The lowest BCUT2D eigenvalue weighted by atomic mass is 10.1. The molecule has 94 valence electrons. The minimum absolute atomic E-state index is 0.0732. The topological polar surface area (TPSA) is 55.6 Å². The number of nitrogens with two attached hydrogens (primary N) is 1. The molecule has 0 bridgehead atoms. The second-order valence-corrected chi connectivity index (χ2v) is 5.31. The molecule has 0 aromatic heterocycles. The molecule has 1 rings (SSSR count). The first-order valence-corrected chi connectivity index (χ1v) is 7.16. The predicted octanol–water partition coefficient (Wildman–Crippen LogP) is 0.704. The zero-order chi connectivity index (χ0) is 12.0. The Balaban J connectivity index is 2.22. The van der Waals surface area contributed by atoms with Crippen molar-refractivity contribution in [2.24, 2.45) is 5.73 Å². The summed E-state index contributed by atoms with van der Waals surface area (Å²) in [5.74, 6) is 0.674. The van der Waals surface area contributed by atoms with Crippen LogP contribution >= 0.6 is 11.8 Å². The molecule has 0 aliphatic carbocycles. The van der Waals surface area contributed by atoms with Crippen molar-refractivity contribution in [2.45, 2.75) is 31.4 Å². The van der Waals surface area contributed by atoms with Crippen molar-refractivity contribution in [3.63, 3.8) is 0 Å². The quantitative estimate of drug-likeness (QED) is 0.724. The fourth-order valence-corrected chi connectivity index (χ4v) is 2.21. The van der Waals surface area contributed by atoms with Gasteiger partial charge in [-0.3, -0.25) is 4.79 Å². The van der Waals surface area contributed by atoms with Gasteiger partial charge in [0.05, 0.1) is 0 Å².